The molecule has 0 aliphatic carbocycles. The van der Waals surface area contributed by atoms with Crippen molar-refractivity contribution in [3.05, 3.63) is 76.0 Å². The fourth-order valence-corrected chi connectivity index (χ4v) is 3.47. The second kappa shape index (κ2) is 8.79. The van der Waals surface area contributed by atoms with Gasteiger partial charge in [0.15, 0.2) is 11.6 Å². The number of carbonyl (C=O) groups excluding carboxylic acids is 1. The summed E-state index contributed by atoms with van der Waals surface area (Å²) in [6.07, 6.45) is 5.47. The molecule has 1 amide bonds. The number of aromatic nitrogens is 2. The smallest absolute Gasteiger partial charge is 0.269 e. The zero-order chi connectivity index (χ0) is 21.8. The molecule has 4 rings (SSSR count). The lowest BCUT2D eigenvalue weighted by molar-refractivity contribution is -0.127. The van der Waals surface area contributed by atoms with Crippen molar-refractivity contribution in [2.45, 2.75) is 19.3 Å². The van der Waals surface area contributed by atoms with Crippen molar-refractivity contribution in [3.8, 4) is 17.7 Å². The number of halogens is 1. The second-order valence-electron chi connectivity index (χ2n) is 7.12. The van der Waals surface area contributed by atoms with Crippen LogP contribution in [0.2, 0.25) is 0 Å². The number of nitrogens with zero attached hydrogens (tertiary/aromatic N) is 4. The Bertz CT molecular complexity index is 1270. The van der Waals surface area contributed by atoms with Crippen LogP contribution >= 0.6 is 0 Å². The third-order valence-electron chi connectivity index (χ3n) is 5.06. The average molecular weight is 418 g/mol. The van der Waals surface area contributed by atoms with E-state index in [-0.39, 0.29) is 28.4 Å². The summed E-state index contributed by atoms with van der Waals surface area (Å²) in [7, 11) is 0. The predicted octanol–water partition coefficient (Wildman–Crippen LogP) is 3.55. The highest BCUT2D eigenvalue weighted by Crippen LogP contribution is 2.26. The molecule has 1 fully saturated rings. The number of ether oxygens (including phenoxy) is 1. The van der Waals surface area contributed by atoms with E-state index in [4.69, 9.17) is 4.74 Å². The predicted molar refractivity (Wildman–Crippen MR) is 112 cm³/mol. The van der Waals surface area contributed by atoms with E-state index in [2.05, 4.69) is 4.98 Å². The molecule has 0 saturated carbocycles. The Morgan fingerprint density at radius 1 is 1.13 bits per heavy atom. The van der Waals surface area contributed by atoms with Crippen LogP contribution in [0.3, 0.4) is 0 Å². The molecule has 0 bridgehead atoms. The van der Waals surface area contributed by atoms with Crippen molar-refractivity contribution in [1.82, 2.24) is 14.3 Å². The molecule has 156 valence electrons. The van der Waals surface area contributed by atoms with Gasteiger partial charge in [0, 0.05) is 19.3 Å². The SMILES string of the molecule is N#CC(=Cc1c(Oc2ccccc2F)nc2ccccn2c1=O)C(=O)N1CCCCC1. The number of piperidine rings is 1. The third kappa shape index (κ3) is 4.16. The largest absolute Gasteiger partial charge is 0.435 e. The minimum atomic E-state index is -0.627. The van der Waals surface area contributed by atoms with E-state index >= 15 is 0 Å². The molecule has 2 aromatic heterocycles. The maximum Gasteiger partial charge on any atom is 0.269 e. The number of amides is 1. The van der Waals surface area contributed by atoms with Crippen molar-refractivity contribution >= 4 is 17.6 Å². The van der Waals surface area contributed by atoms with E-state index < -0.39 is 17.3 Å². The third-order valence-corrected chi connectivity index (χ3v) is 5.06. The highest BCUT2D eigenvalue weighted by molar-refractivity contribution is 6.02. The van der Waals surface area contributed by atoms with Gasteiger partial charge in [0.1, 0.15) is 22.9 Å². The average Bonchev–Trinajstić information content (AvgIpc) is 2.81. The summed E-state index contributed by atoms with van der Waals surface area (Å²) in [6, 6.07) is 12.6. The first-order valence-corrected chi connectivity index (χ1v) is 9.93. The van der Waals surface area contributed by atoms with E-state index in [0.717, 1.165) is 19.3 Å². The van der Waals surface area contributed by atoms with Crippen LogP contribution in [0, 0.1) is 17.1 Å². The minimum Gasteiger partial charge on any atom is -0.435 e. The fourth-order valence-electron chi connectivity index (χ4n) is 3.47. The molecule has 8 heteroatoms. The summed E-state index contributed by atoms with van der Waals surface area (Å²) < 4.78 is 21.1. The summed E-state index contributed by atoms with van der Waals surface area (Å²) in [6.45, 7) is 1.12. The van der Waals surface area contributed by atoms with Crippen LogP contribution in [0.5, 0.6) is 11.6 Å². The summed E-state index contributed by atoms with van der Waals surface area (Å²) >= 11 is 0. The topological polar surface area (TPSA) is 87.7 Å². The van der Waals surface area contributed by atoms with Crippen molar-refractivity contribution in [2.75, 3.05) is 13.1 Å². The lowest BCUT2D eigenvalue weighted by Gasteiger charge is -2.26. The standard InChI is InChI=1S/C23H19FN4O3/c24-18-8-2-3-9-19(18)31-21-17(23(30)28-13-7-4-10-20(28)26-21)14-16(15-25)22(29)27-11-5-1-6-12-27/h2-4,7-10,13-14H,1,5-6,11-12H2. The molecular weight excluding hydrogens is 399 g/mol. The first kappa shape index (κ1) is 20.3. The van der Waals surface area contributed by atoms with Crippen LogP contribution in [-0.4, -0.2) is 33.3 Å². The molecule has 1 aromatic carbocycles. The Balaban J connectivity index is 1.84. The van der Waals surface area contributed by atoms with Gasteiger partial charge in [-0.05, 0) is 49.6 Å². The van der Waals surface area contributed by atoms with E-state index in [1.165, 1.54) is 34.9 Å². The van der Waals surface area contributed by atoms with E-state index in [1.54, 1.807) is 29.2 Å². The van der Waals surface area contributed by atoms with Crippen LogP contribution in [0.1, 0.15) is 24.8 Å². The number of nitriles is 1. The van der Waals surface area contributed by atoms with Gasteiger partial charge in [-0.2, -0.15) is 10.2 Å². The van der Waals surface area contributed by atoms with Gasteiger partial charge >= 0.3 is 0 Å². The Morgan fingerprint density at radius 3 is 2.61 bits per heavy atom. The molecule has 1 aliphatic heterocycles. The van der Waals surface area contributed by atoms with Gasteiger partial charge in [0.25, 0.3) is 11.5 Å². The molecule has 0 radical (unpaired) electrons. The summed E-state index contributed by atoms with van der Waals surface area (Å²) in [5, 5.41) is 9.62. The first-order valence-electron chi connectivity index (χ1n) is 9.93. The molecule has 7 nitrogen and oxygen atoms in total. The van der Waals surface area contributed by atoms with E-state index in [1.807, 2.05) is 6.07 Å². The normalized spacial score (nSPS) is 14.3. The van der Waals surface area contributed by atoms with Crippen LogP contribution in [-0.2, 0) is 4.79 Å². The number of hydrogen-bond donors (Lipinski definition) is 0. The van der Waals surface area contributed by atoms with Crippen molar-refractivity contribution in [3.63, 3.8) is 0 Å². The van der Waals surface area contributed by atoms with Crippen molar-refractivity contribution in [2.24, 2.45) is 0 Å². The number of pyridine rings is 1. The Hall–Kier alpha value is -3.99. The zero-order valence-corrected chi connectivity index (χ0v) is 16.6. The first-order chi connectivity index (χ1) is 15.1. The highest BCUT2D eigenvalue weighted by Gasteiger charge is 2.23. The van der Waals surface area contributed by atoms with E-state index in [0.29, 0.717) is 13.1 Å². The van der Waals surface area contributed by atoms with Crippen LogP contribution in [0.4, 0.5) is 4.39 Å². The lowest BCUT2D eigenvalue weighted by atomic mass is 10.1. The number of carbonyl (C=O) groups is 1. The molecule has 0 atom stereocenters. The molecule has 3 heterocycles. The molecule has 31 heavy (non-hydrogen) atoms. The van der Waals surface area contributed by atoms with Gasteiger partial charge in [-0.15, -0.1) is 0 Å². The number of rotatable bonds is 4. The lowest BCUT2D eigenvalue weighted by Crippen LogP contribution is -2.36. The molecule has 0 spiro atoms. The maximum atomic E-state index is 14.2. The van der Waals surface area contributed by atoms with Gasteiger partial charge in [-0.3, -0.25) is 14.0 Å². The number of benzene rings is 1. The summed E-state index contributed by atoms with van der Waals surface area (Å²) in [5.41, 5.74) is -0.545. The molecule has 1 saturated heterocycles. The van der Waals surface area contributed by atoms with Gasteiger partial charge in [-0.25, -0.2) is 4.39 Å². The number of fused-ring (bicyclic) bond motifs is 1. The molecular formula is C23H19FN4O3. The van der Waals surface area contributed by atoms with Gasteiger partial charge < -0.3 is 9.64 Å². The van der Waals surface area contributed by atoms with Gasteiger partial charge in [0.05, 0.1) is 0 Å². The zero-order valence-electron chi connectivity index (χ0n) is 16.6. The number of hydrogen-bond acceptors (Lipinski definition) is 5. The molecule has 1 aliphatic rings. The Labute approximate surface area is 177 Å². The molecule has 3 aromatic rings. The van der Waals surface area contributed by atoms with Crippen molar-refractivity contribution in [1.29, 1.82) is 5.26 Å². The van der Waals surface area contributed by atoms with Crippen LogP contribution in [0.15, 0.2) is 59.0 Å². The quantitative estimate of drug-likeness (QED) is 0.478. The summed E-state index contributed by atoms with van der Waals surface area (Å²) in [5.74, 6) is -1.38. The van der Waals surface area contributed by atoms with Crippen LogP contribution < -0.4 is 10.3 Å². The minimum absolute atomic E-state index is 0.103. The van der Waals surface area contributed by atoms with Crippen LogP contribution in [0.25, 0.3) is 11.7 Å². The van der Waals surface area contributed by atoms with Crippen molar-refractivity contribution < 1.29 is 13.9 Å². The van der Waals surface area contributed by atoms with Gasteiger partial charge in [0.2, 0.25) is 5.88 Å². The maximum absolute atomic E-state index is 14.2. The molecule has 0 N–H and O–H groups in total. The number of para-hydroxylation sites is 1. The second-order valence-corrected chi connectivity index (χ2v) is 7.12. The monoisotopic (exact) mass is 418 g/mol. The Kier molecular flexibility index (Phi) is 5.76. The summed E-state index contributed by atoms with van der Waals surface area (Å²) in [4.78, 5) is 31.9. The fraction of sp³-hybridized carbons (Fsp3) is 0.217. The van der Waals surface area contributed by atoms with E-state index in [9.17, 15) is 19.2 Å². The Morgan fingerprint density at radius 2 is 1.87 bits per heavy atom. The van der Waals surface area contributed by atoms with Gasteiger partial charge in [-0.1, -0.05) is 18.2 Å². The molecule has 0 unspecified atom stereocenters. The number of likely N-dealkylation sites (tertiary alicyclic amines) is 1. The highest BCUT2D eigenvalue weighted by atomic mass is 19.1.